The van der Waals surface area contributed by atoms with Gasteiger partial charge in [-0.05, 0) is 47.9 Å². The lowest BCUT2D eigenvalue weighted by Gasteiger charge is -2.22. The average Bonchev–Trinajstić information content (AvgIpc) is 2.71. The minimum absolute atomic E-state index is 0.0156. The van der Waals surface area contributed by atoms with Crippen LogP contribution >= 0.6 is 11.6 Å². The van der Waals surface area contributed by atoms with Crippen molar-refractivity contribution in [3.8, 4) is 5.75 Å². The molecule has 1 unspecified atom stereocenters. The van der Waals surface area contributed by atoms with Crippen LogP contribution in [0.25, 0.3) is 0 Å². The molecule has 0 saturated carbocycles. The third kappa shape index (κ3) is 5.29. The highest BCUT2D eigenvalue weighted by Crippen LogP contribution is 2.35. The van der Waals surface area contributed by atoms with Crippen molar-refractivity contribution in [2.24, 2.45) is 0 Å². The van der Waals surface area contributed by atoms with E-state index in [2.05, 4.69) is 0 Å². The summed E-state index contributed by atoms with van der Waals surface area (Å²) in [6, 6.07) is 10.2. The van der Waals surface area contributed by atoms with Crippen LogP contribution < -0.4 is 4.74 Å². The molecule has 1 aliphatic rings. The first-order valence-electron chi connectivity index (χ1n) is 9.80. The molecule has 6 heteroatoms. The normalized spacial score (nSPS) is 14.4. The first-order valence-corrected chi connectivity index (χ1v) is 10.2. The van der Waals surface area contributed by atoms with E-state index < -0.39 is 5.82 Å². The molecular weight excluding hydrogens is 405 g/mol. The standard InChI is InChI=1S/C24H25ClFNO3/c1-16-12-19(25)6-7-20(16)21(14-23(29)18-4-3-9-27(2)15-18)17-5-8-24(22(26)13-17)30-11-10-28/h3-8,12-13,15,21,28H,9-11,14H2,1-2H3. The van der Waals surface area contributed by atoms with Gasteiger partial charge in [0.1, 0.15) is 6.61 Å². The van der Waals surface area contributed by atoms with Crippen LogP contribution in [0.2, 0.25) is 5.02 Å². The van der Waals surface area contributed by atoms with Gasteiger partial charge < -0.3 is 14.7 Å². The Balaban J connectivity index is 1.97. The van der Waals surface area contributed by atoms with E-state index in [9.17, 15) is 9.18 Å². The van der Waals surface area contributed by atoms with Crippen molar-refractivity contribution < 1.29 is 19.0 Å². The molecule has 158 valence electrons. The third-order valence-electron chi connectivity index (χ3n) is 5.08. The predicted molar refractivity (Wildman–Crippen MR) is 116 cm³/mol. The van der Waals surface area contributed by atoms with Gasteiger partial charge in [0.15, 0.2) is 17.3 Å². The van der Waals surface area contributed by atoms with Crippen molar-refractivity contribution in [2.75, 3.05) is 26.8 Å². The fourth-order valence-electron chi connectivity index (χ4n) is 3.59. The van der Waals surface area contributed by atoms with Gasteiger partial charge in [-0.2, -0.15) is 0 Å². The van der Waals surface area contributed by atoms with Gasteiger partial charge in [-0.1, -0.05) is 35.9 Å². The molecule has 0 fully saturated rings. The highest BCUT2D eigenvalue weighted by atomic mass is 35.5. The maximum atomic E-state index is 14.6. The minimum Gasteiger partial charge on any atom is -0.488 e. The summed E-state index contributed by atoms with van der Waals surface area (Å²) >= 11 is 6.12. The van der Waals surface area contributed by atoms with Crippen LogP contribution in [0.15, 0.2) is 60.3 Å². The lowest BCUT2D eigenvalue weighted by Crippen LogP contribution is -2.19. The number of allylic oxidation sites excluding steroid dienone is 2. The summed E-state index contributed by atoms with van der Waals surface area (Å²) in [7, 11) is 1.91. The fraction of sp³-hybridized carbons (Fsp3) is 0.292. The SMILES string of the molecule is Cc1cc(Cl)ccc1C(CC(=O)C1=CN(C)CC=C1)c1ccc(OCCO)c(F)c1. The van der Waals surface area contributed by atoms with E-state index in [4.69, 9.17) is 21.4 Å². The van der Waals surface area contributed by atoms with Crippen LogP contribution in [0.3, 0.4) is 0 Å². The number of benzene rings is 2. The maximum Gasteiger partial charge on any atom is 0.165 e. The van der Waals surface area contributed by atoms with Gasteiger partial charge in [-0.15, -0.1) is 0 Å². The second kappa shape index (κ2) is 9.92. The van der Waals surface area contributed by atoms with Gasteiger partial charge in [-0.25, -0.2) is 4.39 Å². The molecule has 2 aromatic rings. The molecule has 30 heavy (non-hydrogen) atoms. The monoisotopic (exact) mass is 429 g/mol. The smallest absolute Gasteiger partial charge is 0.165 e. The summed E-state index contributed by atoms with van der Waals surface area (Å²) in [5.41, 5.74) is 3.16. The summed E-state index contributed by atoms with van der Waals surface area (Å²) in [5.74, 6) is -0.803. The van der Waals surface area contributed by atoms with Crippen LogP contribution in [0.5, 0.6) is 5.75 Å². The second-order valence-corrected chi connectivity index (χ2v) is 7.81. The first-order chi connectivity index (χ1) is 14.4. The molecule has 0 aliphatic carbocycles. The number of aryl methyl sites for hydroxylation is 1. The topological polar surface area (TPSA) is 49.8 Å². The van der Waals surface area contributed by atoms with Crippen molar-refractivity contribution >= 4 is 17.4 Å². The van der Waals surface area contributed by atoms with E-state index in [1.165, 1.54) is 12.1 Å². The summed E-state index contributed by atoms with van der Waals surface area (Å²) in [4.78, 5) is 15.0. The number of halogens is 2. The Hall–Kier alpha value is -2.63. The van der Waals surface area contributed by atoms with Gasteiger partial charge in [0, 0.05) is 42.7 Å². The summed E-state index contributed by atoms with van der Waals surface area (Å²) in [6.45, 7) is 2.51. The predicted octanol–water partition coefficient (Wildman–Crippen LogP) is 4.64. The van der Waals surface area contributed by atoms with Crippen LogP contribution in [-0.2, 0) is 4.79 Å². The molecule has 0 amide bonds. The number of hydrogen-bond donors (Lipinski definition) is 1. The number of carbonyl (C=O) groups is 1. The Kier molecular flexibility index (Phi) is 7.29. The van der Waals surface area contributed by atoms with Crippen molar-refractivity contribution in [2.45, 2.75) is 19.3 Å². The molecule has 1 N–H and O–H groups in total. The van der Waals surface area contributed by atoms with Gasteiger partial charge in [0.25, 0.3) is 0 Å². The highest BCUT2D eigenvalue weighted by Gasteiger charge is 2.23. The van der Waals surface area contributed by atoms with E-state index in [1.807, 2.05) is 49.4 Å². The number of ketones is 1. The molecule has 0 aromatic heterocycles. The quantitative estimate of drug-likeness (QED) is 0.664. The largest absolute Gasteiger partial charge is 0.488 e. The Morgan fingerprint density at radius 1 is 1.30 bits per heavy atom. The lowest BCUT2D eigenvalue weighted by molar-refractivity contribution is -0.115. The van der Waals surface area contributed by atoms with Crippen molar-refractivity contribution in [1.29, 1.82) is 0 Å². The van der Waals surface area contributed by atoms with Crippen LogP contribution in [0.4, 0.5) is 4.39 Å². The zero-order chi connectivity index (χ0) is 21.7. The number of Topliss-reactive ketones (excluding diaryl/α,β-unsaturated/α-hetero) is 1. The number of aliphatic hydroxyl groups excluding tert-OH is 1. The van der Waals surface area contributed by atoms with E-state index in [-0.39, 0.29) is 37.1 Å². The Bertz CT molecular complexity index is 986. The molecule has 4 nitrogen and oxygen atoms in total. The fourth-order valence-corrected chi connectivity index (χ4v) is 3.82. The van der Waals surface area contributed by atoms with Crippen LogP contribution in [0.1, 0.15) is 29.0 Å². The molecule has 2 aromatic carbocycles. The van der Waals surface area contributed by atoms with Crippen molar-refractivity contribution in [3.63, 3.8) is 0 Å². The third-order valence-corrected chi connectivity index (χ3v) is 5.31. The zero-order valence-corrected chi connectivity index (χ0v) is 17.8. The number of aliphatic hydroxyl groups is 1. The number of nitrogens with zero attached hydrogens (tertiary/aromatic N) is 1. The molecule has 1 aliphatic heterocycles. The van der Waals surface area contributed by atoms with Gasteiger partial charge in [0.2, 0.25) is 0 Å². The molecule has 1 heterocycles. The number of likely N-dealkylation sites (N-methyl/N-ethyl adjacent to an activating group) is 1. The molecule has 0 radical (unpaired) electrons. The van der Waals surface area contributed by atoms with Gasteiger partial charge in [0.05, 0.1) is 6.61 Å². The number of rotatable bonds is 8. The summed E-state index contributed by atoms with van der Waals surface area (Å²) < 4.78 is 19.8. The highest BCUT2D eigenvalue weighted by molar-refractivity contribution is 6.30. The zero-order valence-electron chi connectivity index (χ0n) is 17.1. The lowest BCUT2D eigenvalue weighted by atomic mass is 9.83. The number of hydrogen-bond acceptors (Lipinski definition) is 4. The van der Waals surface area contributed by atoms with Crippen LogP contribution in [-0.4, -0.2) is 42.6 Å². The molecule has 0 saturated heterocycles. The Morgan fingerprint density at radius 3 is 2.77 bits per heavy atom. The van der Waals surface area contributed by atoms with E-state index >= 15 is 0 Å². The van der Waals surface area contributed by atoms with Crippen LogP contribution in [0, 0.1) is 12.7 Å². The first kappa shape index (κ1) is 22.1. The molecular formula is C24H25ClFNO3. The molecule has 0 bridgehead atoms. The Morgan fingerprint density at radius 2 is 2.10 bits per heavy atom. The molecule has 0 spiro atoms. The number of carbonyl (C=O) groups excluding carboxylic acids is 1. The van der Waals surface area contributed by atoms with Gasteiger partial charge in [-0.3, -0.25) is 4.79 Å². The Labute approximate surface area is 181 Å². The van der Waals surface area contributed by atoms with Crippen molar-refractivity contribution in [3.05, 3.63) is 87.9 Å². The van der Waals surface area contributed by atoms with E-state index in [0.29, 0.717) is 16.2 Å². The summed E-state index contributed by atoms with van der Waals surface area (Å²) in [5, 5.41) is 9.51. The average molecular weight is 430 g/mol. The van der Waals surface area contributed by atoms with Crippen molar-refractivity contribution in [1.82, 2.24) is 4.90 Å². The minimum atomic E-state index is -0.526. The van der Waals surface area contributed by atoms with E-state index in [1.54, 1.807) is 12.1 Å². The molecule has 1 atom stereocenters. The maximum absolute atomic E-state index is 14.6. The van der Waals surface area contributed by atoms with E-state index in [0.717, 1.165) is 17.7 Å². The number of ether oxygens (including phenoxy) is 1. The second-order valence-electron chi connectivity index (χ2n) is 7.37. The van der Waals surface area contributed by atoms with Gasteiger partial charge >= 0.3 is 0 Å². The summed E-state index contributed by atoms with van der Waals surface area (Å²) in [6.07, 6.45) is 5.81. The molecule has 3 rings (SSSR count).